The molecule has 21 heavy (non-hydrogen) atoms. The maximum absolute atomic E-state index is 5.96. The van der Waals surface area contributed by atoms with Gasteiger partial charge in [0.2, 0.25) is 5.28 Å². The Hall–Kier alpha value is -1.92. The lowest BCUT2D eigenvalue weighted by molar-refractivity contribution is 0.414. The van der Waals surface area contributed by atoms with Gasteiger partial charge in [0.1, 0.15) is 5.52 Å². The smallest absolute Gasteiger partial charge is 0.225 e. The van der Waals surface area contributed by atoms with Gasteiger partial charge < -0.3 is 10.1 Å². The van der Waals surface area contributed by atoms with Gasteiger partial charge in [0, 0.05) is 6.20 Å². The van der Waals surface area contributed by atoms with Crippen molar-refractivity contribution in [3.63, 3.8) is 0 Å². The summed E-state index contributed by atoms with van der Waals surface area (Å²) in [6.45, 7) is 0. The maximum atomic E-state index is 5.96. The van der Waals surface area contributed by atoms with Crippen LogP contribution in [0.15, 0.2) is 41.0 Å². The van der Waals surface area contributed by atoms with E-state index in [0.717, 1.165) is 10.2 Å². The number of nitrogens with zero attached hydrogens (tertiary/aromatic N) is 3. The van der Waals surface area contributed by atoms with Gasteiger partial charge in [0.15, 0.2) is 11.6 Å². The van der Waals surface area contributed by atoms with Crippen LogP contribution in [0.2, 0.25) is 5.28 Å². The molecule has 0 saturated heterocycles. The molecule has 3 rings (SSSR count). The van der Waals surface area contributed by atoms with Gasteiger partial charge in [-0.15, -0.1) is 0 Å². The number of ether oxygens (including phenoxy) is 1. The zero-order valence-electron chi connectivity index (χ0n) is 11.0. The molecule has 5 nitrogen and oxygen atoms in total. The minimum absolute atomic E-state index is 0.159. The van der Waals surface area contributed by atoms with Crippen molar-refractivity contribution >= 4 is 50.1 Å². The van der Waals surface area contributed by atoms with Crippen molar-refractivity contribution in [2.24, 2.45) is 0 Å². The fourth-order valence-corrected chi connectivity index (χ4v) is 2.67. The highest BCUT2D eigenvalue weighted by molar-refractivity contribution is 9.10. The van der Waals surface area contributed by atoms with Gasteiger partial charge in [0.05, 0.1) is 22.8 Å². The van der Waals surface area contributed by atoms with E-state index in [0.29, 0.717) is 22.6 Å². The molecular formula is C14H10BrClN4O. The van der Waals surface area contributed by atoms with Crippen molar-refractivity contribution in [1.82, 2.24) is 15.0 Å². The minimum atomic E-state index is 0.159. The van der Waals surface area contributed by atoms with Gasteiger partial charge in [0.25, 0.3) is 0 Å². The maximum Gasteiger partial charge on any atom is 0.225 e. The number of hydrogen-bond acceptors (Lipinski definition) is 5. The third-order valence-corrected chi connectivity index (χ3v) is 3.65. The predicted octanol–water partition coefficient (Wildman–Crippen LogP) is 4.19. The molecule has 3 aromatic rings. The van der Waals surface area contributed by atoms with Crippen LogP contribution in [0.1, 0.15) is 0 Å². The Morgan fingerprint density at radius 3 is 2.86 bits per heavy atom. The first kappa shape index (κ1) is 14.0. The normalized spacial score (nSPS) is 10.6. The summed E-state index contributed by atoms with van der Waals surface area (Å²) in [5.74, 6) is 1.21. The summed E-state index contributed by atoms with van der Waals surface area (Å²) >= 11 is 9.41. The van der Waals surface area contributed by atoms with E-state index in [1.54, 1.807) is 19.4 Å². The van der Waals surface area contributed by atoms with Gasteiger partial charge >= 0.3 is 0 Å². The third-order valence-electron chi connectivity index (χ3n) is 2.85. The highest BCUT2D eigenvalue weighted by Crippen LogP contribution is 2.35. The number of fused-ring (bicyclic) bond motifs is 1. The Morgan fingerprint density at radius 2 is 2.05 bits per heavy atom. The number of pyridine rings is 1. The lowest BCUT2D eigenvalue weighted by Gasteiger charge is -2.13. The highest BCUT2D eigenvalue weighted by atomic mass is 79.9. The predicted molar refractivity (Wildman–Crippen MR) is 86.3 cm³/mol. The molecule has 0 spiro atoms. The molecule has 0 radical (unpaired) electrons. The molecule has 2 aromatic heterocycles. The number of methoxy groups -OCH3 is 1. The Kier molecular flexibility index (Phi) is 3.90. The van der Waals surface area contributed by atoms with E-state index >= 15 is 0 Å². The van der Waals surface area contributed by atoms with E-state index in [-0.39, 0.29) is 5.28 Å². The molecule has 0 unspecified atom stereocenters. The average molecular weight is 366 g/mol. The lowest BCUT2D eigenvalue weighted by Crippen LogP contribution is -2.00. The molecule has 0 aliphatic carbocycles. The number of aromatic nitrogens is 3. The van der Waals surface area contributed by atoms with E-state index in [4.69, 9.17) is 16.3 Å². The zero-order valence-corrected chi connectivity index (χ0v) is 13.3. The van der Waals surface area contributed by atoms with Crippen molar-refractivity contribution in [1.29, 1.82) is 0 Å². The van der Waals surface area contributed by atoms with Crippen LogP contribution < -0.4 is 10.1 Å². The second-order valence-corrected chi connectivity index (χ2v) is 5.35. The molecule has 0 aliphatic rings. The van der Waals surface area contributed by atoms with Crippen LogP contribution >= 0.6 is 27.5 Å². The van der Waals surface area contributed by atoms with E-state index in [1.807, 2.05) is 24.3 Å². The molecule has 0 fully saturated rings. The summed E-state index contributed by atoms with van der Waals surface area (Å²) in [5, 5.41) is 3.35. The first-order valence-corrected chi connectivity index (χ1v) is 7.24. The molecular weight excluding hydrogens is 356 g/mol. The summed E-state index contributed by atoms with van der Waals surface area (Å²) in [7, 11) is 1.61. The zero-order chi connectivity index (χ0) is 14.8. The number of hydrogen-bond donors (Lipinski definition) is 1. The van der Waals surface area contributed by atoms with Crippen LogP contribution in [-0.2, 0) is 0 Å². The molecule has 0 amide bonds. The number of benzene rings is 1. The first-order chi connectivity index (χ1) is 10.2. The monoisotopic (exact) mass is 364 g/mol. The second-order valence-electron chi connectivity index (χ2n) is 4.16. The molecule has 0 atom stereocenters. The van der Waals surface area contributed by atoms with Gasteiger partial charge in [-0.3, -0.25) is 4.98 Å². The van der Waals surface area contributed by atoms with E-state index in [1.165, 1.54) is 0 Å². The minimum Gasteiger partial charge on any atom is -0.493 e. The molecule has 0 saturated carbocycles. The van der Waals surface area contributed by atoms with Crippen molar-refractivity contribution < 1.29 is 4.74 Å². The quantitative estimate of drug-likeness (QED) is 0.705. The van der Waals surface area contributed by atoms with Gasteiger partial charge in [-0.1, -0.05) is 6.07 Å². The molecule has 7 heteroatoms. The topological polar surface area (TPSA) is 59.9 Å². The lowest BCUT2D eigenvalue weighted by atomic mass is 10.3. The van der Waals surface area contributed by atoms with Crippen molar-refractivity contribution in [2.45, 2.75) is 0 Å². The Morgan fingerprint density at radius 1 is 1.19 bits per heavy atom. The van der Waals surface area contributed by atoms with Gasteiger partial charge in [-0.25, -0.2) is 4.98 Å². The summed E-state index contributed by atoms with van der Waals surface area (Å²) in [5.41, 5.74) is 2.08. The van der Waals surface area contributed by atoms with E-state index in [2.05, 4.69) is 36.2 Å². The third kappa shape index (κ3) is 2.77. The van der Waals surface area contributed by atoms with Gasteiger partial charge in [-0.2, -0.15) is 4.98 Å². The Balaban J connectivity index is 2.12. The van der Waals surface area contributed by atoms with Crippen LogP contribution in [0, 0.1) is 0 Å². The van der Waals surface area contributed by atoms with Crippen LogP contribution in [0.25, 0.3) is 11.0 Å². The number of para-hydroxylation sites is 1. The summed E-state index contributed by atoms with van der Waals surface area (Å²) in [6, 6.07) is 9.31. The van der Waals surface area contributed by atoms with Crippen molar-refractivity contribution in [2.75, 3.05) is 12.4 Å². The van der Waals surface area contributed by atoms with Crippen LogP contribution in [0.3, 0.4) is 0 Å². The van der Waals surface area contributed by atoms with Crippen LogP contribution in [-0.4, -0.2) is 22.1 Å². The molecule has 2 heterocycles. The van der Waals surface area contributed by atoms with Crippen molar-refractivity contribution in [3.8, 4) is 5.75 Å². The molecule has 1 aromatic carbocycles. The van der Waals surface area contributed by atoms with Crippen LogP contribution in [0.5, 0.6) is 5.75 Å². The van der Waals surface area contributed by atoms with E-state index in [9.17, 15) is 0 Å². The fraction of sp³-hybridized carbons (Fsp3) is 0.0714. The molecule has 0 aliphatic heterocycles. The van der Waals surface area contributed by atoms with Crippen molar-refractivity contribution in [3.05, 3.63) is 46.3 Å². The number of nitrogens with one attached hydrogen (secondary N) is 1. The highest BCUT2D eigenvalue weighted by Gasteiger charge is 2.12. The Bertz CT molecular complexity index is 812. The number of anilines is 2. The SMILES string of the molecule is COc1c(Br)cccc1Nc1nc(Cl)nc2cccnc12. The van der Waals surface area contributed by atoms with Crippen LogP contribution in [0.4, 0.5) is 11.5 Å². The summed E-state index contributed by atoms with van der Waals surface area (Å²) in [6.07, 6.45) is 1.68. The summed E-state index contributed by atoms with van der Waals surface area (Å²) < 4.78 is 6.22. The number of halogens is 2. The standard InChI is InChI=1S/C14H10BrClN4O/c1-21-12-8(15)4-2-5-10(12)18-13-11-9(6-3-7-17-11)19-14(16)20-13/h2-7H,1H3,(H,18,19,20). The average Bonchev–Trinajstić information content (AvgIpc) is 2.47. The second kappa shape index (κ2) is 5.83. The fourth-order valence-electron chi connectivity index (χ4n) is 1.97. The number of rotatable bonds is 3. The van der Waals surface area contributed by atoms with E-state index < -0.39 is 0 Å². The molecule has 1 N–H and O–H groups in total. The molecule has 106 valence electrons. The first-order valence-electron chi connectivity index (χ1n) is 6.07. The largest absolute Gasteiger partial charge is 0.493 e. The van der Waals surface area contributed by atoms with Gasteiger partial charge in [-0.05, 0) is 51.8 Å². The summed E-state index contributed by atoms with van der Waals surface area (Å²) in [4.78, 5) is 12.7. The molecule has 0 bridgehead atoms. The Labute approximate surface area is 134 Å².